The monoisotopic (exact) mass is 541 g/mol. The van der Waals surface area contributed by atoms with Crippen LogP contribution in [0.4, 0.5) is 11.6 Å². The van der Waals surface area contributed by atoms with Gasteiger partial charge in [-0.1, -0.05) is 23.4 Å². The Hall–Kier alpha value is -2.24. The van der Waals surface area contributed by atoms with Gasteiger partial charge in [-0.05, 0) is 50.8 Å². The molecule has 0 saturated carbocycles. The highest BCUT2D eigenvalue weighted by molar-refractivity contribution is 7.99. The van der Waals surface area contributed by atoms with Crippen molar-refractivity contribution in [3.63, 3.8) is 0 Å². The molecule has 3 aliphatic rings. The van der Waals surface area contributed by atoms with E-state index in [1.165, 1.54) is 11.8 Å². The maximum atomic E-state index is 9.71. The number of aliphatic hydroxyl groups excluding tert-OH is 1. The first-order chi connectivity index (χ1) is 18.0. The molecule has 0 radical (unpaired) electrons. The second kappa shape index (κ2) is 10.1. The smallest absolute Gasteiger partial charge is 0.179 e. The van der Waals surface area contributed by atoms with E-state index in [4.69, 9.17) is 32.0 Å². The van der Waals surface area contributed by atoms with Crippen LogP contribution in [-0.4, -0.2) is 76.1 Å². The van der Waals surface area contributed by atoms with E-state index >= 15 is 0 Å². The molecule has 1 spiro atoms. The Kier molecular flexibility index (Phi) is 6.87. The molecule has 0 amide bonds. The van der Waals surface area contributed by atoms with Crippen molar-refractivity contribution in [1.82, 2.24) is 19.9 Å². The third-order valence-corrected chi connectivity index (χ3v) is 9.69. The molecule has 11 heteroatoms. The van der Waals surface area contributed by atoms with Crippen LogP contribution in [0.15, 0.2) is 40.5 Å². The van der Waals surface area contributed by atoms with E-state index in [0.29, 0.717) is 10.7 Å². The number of hydrogen-bond donors (Lipinski definition) is 2. The van der Waals surface area contributed by atoms with E-state index in [9.17, 15) is 5.11 Å². The maximum absolute atomic E-state index is 9.71. The summed E-state index contributed by atoms with van der Waals surface area (Å²) in [5.74, 6) is 1.59. The van der Waals surface area contributed by atoms with Gasteiger partial charge < -0.3 is 25.4 Å². The molecular weight excluding hydrogens is 510 g/mol. The average Bonchev–Trinajstić information content (AvgIpc) is 3.51. The molecule has 6 rings (SSSR count). The molecule has 3 atom stereocenters. The zero-order valence-corrected chi connectivity index (χ0v) is 22.5. The van der Waals surface area contributed by atoms with E-state index in [-0.39, 0.29) is 30.2 Å². The lowest BCUT2D eigenvalue weighted by Crippen LogP contribution is -2.50. The molecule has 6 heterocycles. The minimum Gasteiger partial charge on any atom is -0.394 e. The van der Waals surface area contributed by atoms with Gasteiger partial charge in [0.25, 0.3) is 0 Å². The molecule has 0 aliphatic carbocycles. The first-order valence-corrected chi connectivity index (χ1v) is 14.1. The fraction of sp³-hybridized carbons (Fsp3) is 0.538. The Morgan fingerprint density at radius 2 is 2.03 bits per heavy atom. The van der Waals surface area contributed by atoms with Crippen LogP contribution in [-0.2, 0) is 4.74 Å². The SMILES string of the molecule is C[C@@H]1OCC2(CCN(c3cnc4nc(Sc5ccnc(N6CCC[C@H]6CO)c5Cl)ccc4n3)CC2)[C@@H]1N. The van der Waals surface area contributed by atoms with Crippen LogP contribution in [0.5, 0.6) is 0 Å². The highest BCUT2D eigenvalue weighted by Gasteiger charge is 2.47. The van der Waals surface area contributed by atoms with E-state index in [1.54, 1.807) is 6.20 Å². The Morgan fingerprint density at radius 3 is 2.78 bits per heavy atom. The molecule has 37 heavy (non-hydrogen) atoms. The van der Waals surface area contributed by atoms with Crippen LogP contribution in [0.2, 0.25) is 5.02 Å². The van der Waals surface area contributed by atoms with Crippen molar-refractivity contribution in [2.24, 2.45) is 11.1 Å². The molecule has 0 aromatic carbocycles. The minimum atomic E-state index is 0.0609. The van der Waals surface area contributed by atoms with Gasteiger partial charge >= 0.3 is 0 Å². The molecular formula is C26H32ClN7O2S. The molecule has 3 fully saturated rings. The number of ether oxygens (including phenoxy) is 1. The predicted molar refractivity (Wildman–Crippen MR) is 145 cm³/mol. The first kappa shape index (κ1) is 25.1. The van der Waals surface area contributed by atoms with Gasteiger partial charge in [0.15, 0.2) is 5.65 Å². The molecule has 3 saturated heterocycles. The molecule has 3 aromatic heterocycles. The first-order valence-electron chi connectivity index (χ1n) is 12.9. The minimum absolute atomic E-state index is 0.0609. The third-order valence-electron chi connectivity index (χ3n) is 8.21. The van der Waals surface area contributed by atoms with E-state index in [1.807, 2.05) is 24.4 Å². The van der Waals surface area contributed by atoms with Gasteiger partial charge in [0.05, 0.1) is 36.6 Å². The zero-order valence-electron chi connectivity index (χ0n) is 20.9. The number of aromatic nitrogens is 4. The summed E-state index contributed by atoms with van der Waals surface area (Å²) in [6.45, 7) is 5.55. The quantitative estimate of drug-likeness (QED) is 0.497. The molecule has 3 N–H and O–H groups in total. The number of piperidine rings is 1. The molecule has 0 unspecified atom stereocenters. The topological polar surface area (TPSA) is 114 Å². The molecule has 196 valence electrons. The van der Waals surface area contributed by atoms with Crippen molar-refractivity contribution in [3.05, 3.63) is 35.6 Å². The van der Waals surface area contributed by atoms with Gasteiger partial charge in [0, 0.05) is 42.2 Å². The van der Waals surface area contributed by atoms with Crippen molar-refractivity contribution >= 4 is 46.2 Å². The number of rotatable bonds is 5. The van der Waals surface area contributed by atoms with Crippen molar-refractivity contribution in [2.45, 2.75) is 60.7 Å². The number of nitrogens with two attached hydrogens (primary N) is 1. The lowest BCUT2D eigenvalue weighted by atomic mass is 9.73. The van der Waals surface area contributed by atoms with Crippen LogP contribution in [0.1, 0.15) is 32.6 Å². The van der Waals surface area contributed by atoms with Gasteiger partial charge in [-0.2, -0.15) is 0 Å². The highest BCUT2D eigenvalue weighted by atomic mass is 35.5. The number of halogens is 1. The Bertz CT molecular complexity index is 1290. The highest BCUT2D eigenvalue weighted by Crippen LogP contribution is 2.42. The Morgan fingerprint density at radius 1 is 1.19 bits per heavy atom. The van der Waals surface area contributed by atoms with Gasteiger partial charge in [-0.3, -0.25) is 0 Å². The number of fused-ring (bicyclic) bond motifs is 1. The summed E-state index contributed by atoms with van der Waals surface area (Å²) in [5, 5.41) is 11.1. The van der Waals surface area contributed by atoms with E-state index < -0.39 is 0 Å². The molecule has 3 aromatic rings. The summed E-state index contributed by atoms with van der Waals surface area (Å²) >= 11 is 8.24. The summed E-state index contributed by atoms with van der Waals surface area (Å²) in [6.07, 6.45) is 7.66. The van der Waals surface area contributed by atoms with Gasteiger partial charge in [-0.25, -0.2) is 19.9 Å². The number of aliphatic hydroxyl groups is 1. The summed E-state index contributed by atoms with van der Waals surface area (Å²) in [5.41, 5.74) is 7.92. The van der Waals surface area contributed by atoms with E-state index in [2.05, 4.69) is 26.7 Å². The van der Waals surface area contributed by atoms with E-state index in [0.717, 1.165) is 79.0 Å². The summed E-state index contributed by atoms with van der Waals surface area (Å²) < 4.78 is 5.85. The molecule has 3 aliphatic heterocycles. The number of pyridine rings is 2. The van der Waals surface area contributed by atoms with Crippen molar-refractivity contribution in [1.29, 1.82) is 0 Å². The molecule has 9 nitrogen and oxygen atoms in total. The van der Waals surface area contributed by atoms with Crippen LogP contribution in [0.25, 0.3) is 11.2 Å². The van der Waals surface area contributed by atoms with Crippen LogP contribution in [0, 0.1) is 5.41 Å². The molecule has 0 bridgehead atoms. The van der Waals surface area contributed by atoms with Crippen molar-refractivity contribution < 1.29 is 9.84 Å². The Labute approximate surface area is 225 Å². The standard InChI is InChI=1S/C26H32ClN7O2S/c1-16-23(28)26(15-36-16)7-11-33(12-8-26)20-13-30-24-18(31-20)4-5-21(32-24)37-19-6-9-29-25(22(19)27)34-10-2-3-17(34)14-35/h4-6,9,13,16-17,23,35H,2-3,7-8,10-12,14-15,28H2,1H3/t16-,17-,23+/m0/s1. The Balaban J connectivity index is 1.17. The summed E-state index contributed by atoms with van der Waals surface area (Å²) in [6, 6.07) is 5.97. The number of nitrogens with zero attached hydrogens (tertiary/aromatic N) is 6. The number of hydrogen-bond acceptors (Lipinski definition) is 10. The fourth-order valence-corrected chi connectivity index (χ4v) is 6.99. The third kappa shape index (κ3) is 4.63. The largest absolute Gasteiger partial charge is 0.394 e. The number of anilines is 2. The van der Waals surface area contributed by atoms with Crippen LogP contribution < -0.4 is 15.5 Å². The summed E-state index contributed by atoms with van der Waals surface area (Å²) in [7, 11) is 0. The second-order valence-corrected chi connectivity index (χ2v) is 11.8. The van der Waals surface area contributed by atoms with Gasteiger partial charge in [-0.15, -0.1) is 0 Å². The van der Waals surface area contributed by atoms with Crippen LogP contribution >= 0.6 is 23.4 Å². The van der Waals surface area contributed by atoms with Crippen molar-refractivity contribution in [3.8, 4) is 0 Å². The predicted octanol–water partition coefficient (Wildman–Crippen LogP) is 3.52. The van der Waals surface area contributed by atoms with Crippen LogP contribution in [0.3, 0.4) is 0 Å². The van der Waals surface area contributed by atoms with Gasteiger partial charge in [0.2, 0.25) is 0 Å². The lowest BCUT2D eigenvalue weighted by molar-refractivity contribution is 0.0974. The van der Waals surface area contributed by atoms with Crippen molar-refractivity contribution in [2.75, 3.05) is 42.6 Å². The fourth-order valence-electron chi connectivity index (χ4n) is 5.85. The average molecular weight is 542 g/mol. The summed E-state index contributed by atoms with van der Waals surface area (Å²) in [4.78, 5) is 24.0. The lowest BCUT2D eigenvalue weighted by Gasteiger charge is -2.41. The second-order valence-electron chi connectivity index (χ2n) is 10.3. The maximum Gasteiger partial charge on any atom is 0.179 e. The zero-order chi connectivity index (χ0) is 25.6. The van der Waals surface area contributed by atoms with Gasteiger partial charge in [0.1, 0.15) is 22.2 Å². The normalized spacial score (nSPS) is 25.5.